The van der Waals surface area contributed by atoms with Gasteiger partial charge in [0.15, 0.2) is 18.2 Å². The van der Waals surface area contributed by atoms with E-state index in [-0.39, 0.29) is 39.3 Å². The summed E-state index contributed by atoms with van der Waals surface area (Å²) < 4.78 is 15.0. The van der Waals surface area contributed by atoms with Crippen LogP contribution in [0.5, 0.6) is 0 Å². The molecule has 0 aliphatic carbocycles. The Hall–Kier alpha value is -6.49. The molecule has 0 radical (unpaired) electrons. The van der Waals surface area contributed by atoms with Crippen LogP contribution in [0.1, 0.15) is 27.0 Å². The van der Waals surface area contributed by atoms with Gasteiger partial charge in [-0.1, -0.05) is 60.7 Å². The molecule has 2 fully saturated rings. The molecule has 3 N–H and O–H groups in total. The summed E-state index contributed by atoms with van der Waals surface area (Å²) in [5, 5.41) is 22.9. The number of aromatic nitrogens is 6. The Morgan fingerprint density at radius 3 is 2.06 bits per heavy atom. The Morgan fingerprint density at radius 2 is 1.44 bits per heavy atom. The number of hydrogen-bond acceptors (Lipinski definition) is 12. The highest BCUT2D eigenvalue weighted by Gasteiger charge is 2.31. The molecule has 2 saturated heterocycles. The summed E-state index contributed by atoms with van der Waals surface area (Å²) in [6.07, 6.45) is 4.17. The third-order valence-corrected chi connectivity index (χ3v) is 15.5. The summed E-state index contributed by atoms with van der Waals surface area (Å²) in [7, 11) is -2.28. The molecular weight excluding hydrogens is 915 g/mol. The van der Waals surface area contributed by atoms with Crippen molar-refractivity contribution in [2.75, 3.05) is 75.0 Å². The van der Waals surface area contributed by atoms with Crippen molar-refractivity contribution in [1.29, 1.82) is 5.26 Å². The number of anilines is 3. The third-order valence-electron chi connectivity index (χ3n) is 12.1. The van der Waals surface area contributed by atoms with Crippen molar-refractivity contribution in [3.8, 4) is 17.5 Å². The van der Waals surface area contributed by atoms with E-state index in [4.69, 9.17) is 21.8 Å². The summed E-state index contributed by atoms with van der Waals surface area (Å²) in [5.74, 6) is 0.884. The first-order valence-corrected chi connectivity index (χ1v) is 30.6. The fourth-order valence-electron chi connectivity index (χ4n) is 8.07. The molecule has 17 nitrogen and oxygen atoms in total. The fraction of sp³-hybridized carbons (Fsp3) is 0.451. The zero-order valence-corrected chi connectivity index (χ0v) is 42.1. The minimum absolute atomic E-state index is 0. The number of nitrogen functional groups attached to an aromatic ring is 1. The molecule has 6 aromatic rings. The van der Waals surface area contributed by atoms with Crippen LogP contribution >= 0.6 is 0 Å². The van der Waals surface area contributed by atoms with Crippen LogP contribution in [0.3, 0.4) is 0 Å². The first kappa shape index (κ1) is 54.5. The molecule has 372 valence electrons. The molecule has 2 aliphatic heterocycles. The first-order chi connectivity index (χ1) is 32.6. The van der Waals surface area contributed by atoms with Gasteiger partial charge in [0.25, 0.3) is 0 Å². The number of likely N-dealkylation sites (tertiary alicyclic amines) is 1. The number of piperazine rings is 1. The minimum Gasteiger partial charge on any atom is -0.399 e. The number of ether oxygens (including phenoxy) is 2. The Labute approximate surface area is 415 Å². The predicted molar refractivity (Wildman–Crippen MR) is 286 cm³/mol. The van der Waals surface area contributed by atoms with Gasteiger partial charge in [0.05, 0.1) is 23.5 Å². The van der Waals surface area contributed by atoms with Crippen LogP contribution in [0, 0.1) is 23.8 Å². The lowest BCUT2D eigenvalue weighted by Gasteiger charge is -2.36. The lowest BCUT2D eigenvalue weighted by molar-refractivity contribution is -0.132. The van der Waals surface area contributed by atoms with Gasteiger partial charge in [0.1, 0.15) is 12.8 Å². The second-order valence-electron chi connectivity index (χ2n) is 19.8. The highest BCUT2D eigenvalue weighted by Crippen LogP contribution is 2.28. The number of hydrogen-bond donors (Lipinski definition) is 2. The third kappa shape index (κ3) is 14.5. The van der Waals surface area contributed by atoms with Crippen LogP contribution in [-0.4, -0.2) is 126 Å². The van der Waals surface area contributed by atoms with Crippen molar-refractivity contribution in [2.45, 2.75) is 86.1 Å². The van der Waals surface area contributed by atoms with Gasteiger partial charge in [0.2, 0.25) is 11.8 Å². The van der Waals surface area contributed by atoms with Crippen LogP contribution < -0.4 is 16.0 Å². The molecule has 1 atom stereocenters. The van der Waals surface area contributed by atoms with Gasteiger partial charge in [-0.25, -0.2) is 14.6 Å². The van der Waals surface area contributed by atoms with E-state index in [2.05, 4.69) is 97.6 Å². The van der Waals surface area contributed by atoms with Gasteiger partial charge in [-0.15, -0.1) is 0 Å². The Kier molecular flexibility index (Phi) is 19.0. The standard InChI is InChI=1S/C35H43N9O3Si.C14H20N4OSi.2CH4/c1-48(2,3)20-19-47-25-44-32-10-7-28(21-30(32)31(22-36)40-44)39-35(46)27-11-14-41(23-27)24-33(45)43-17-15-42(16-18-43)29-8-5-26(6-9-29)34-37-12-4-13-38-34;1-16-14-12-9-11(15)5-6-13(12)18(17-14)10-19-7-8-20(2,3)4;;/h4-10,12-13,21,27H,11,14-20,23-25H2,1-3H3,(H,39,46);5-6,9H,7-8,10,15H2,2-4H3;2*1H4/t27-;;;/m1.../s1. The van der Waals surface area contributed by atoms with Crippen molar-refractivity contribution in [1.82, 2.24) is 39.3 Å². The molecule has 2 amide bonds. The zero-order chi connectivity index (χ0) is 48.4. The number of rotatable bonds is 16. The van der Waals surface area contributed by atoms with E-state index < -0.39 is 16.1 Å². The van der Waals surface area contributed by atoms with Crippen LogP contribution in [-0.2, 0) is 32.5 Å². The maximum atomic E-state index is 13.2. The number of nitrogens with one attached hydrogen (secondary N) is 1. The normalized spacial score (nSPS) is 15.1. The summed E-state index contributed by atoms with van der Waals surface area (Å²) in [6.45, 7) is 27.5. The molecule has 2 aliphatic rings. The Bertz CT molecular complexity index is 2760. The number of amides is 2. The molecule has 5 heterocycles. The smallest absolute Gasteiger partial charge is 0.303 e. The van der Waals surface area contributed by atoms with Gasteiger partial charge in [-0.3, -0.25) is 14.5 Å². The van der Waals surface area contributed by atoms with Crippen molar-refractivity contribution < 1.29 is 19.1 Å². The maximum Gasteiger partial charge on any atom is 0.303 e. The van der Waals surface area contributed by atoms with E-state index >= 15 is 0 Å². The number of nitrogens with zero attached hydrogens (tertiary/aromatic N) is 11. The number of benzene rings is 3. The highest BCUT2D eigenvalue weighted by atomic mass is 28.3. The van der Waals surface area contributed by atoms with E-state index in [1.54, 1.807) is 40.0 Å². The summed E-state index contributed by atoms with van der Waals surface area (Å²) >= 11 is 0. The highest BCUT2D eigenvalue weighted by molar-refractivity contribution is 6.76. The SMILES string of the molecule is C.C.C[Si](C)(C)CCOCn1nc(C#N)c2cc(NC(=O)[C@@H]3CCN(CC(=O)N4CCN(c5ccc(-c6ncccn6)cc5)CC4)C3)ccc21.[C-]#[N+]c1nn(COCC[Si](C)(C)C)c2ccc(N)cc12. The lowest BCUT2D eigenvalue weighted by Crippen LogP contribution is -2.51. The topological polar surface area (TPSA) is 190 Å². The molecule has 0 bridgehead atoms. The minimum atomic E-state index is -1.20. The summed E-state index contributed by atoms with van der Waals surface area (Å²) in [6, 6.07) is 25.4. The van der Waals surface area contributed by atoms with Gasteiger partial charge in [-0.05, 0) is 96.9 Å². The van der Waals surface area contributed by atoms with E-state index in [9.17, 15) is 14.9 Å². The number of carbonyl (C=O) groups excluding carboxylic acids is 2. The van der Waals surface area contributed by atoms with Crippen molar-refractivity contribution in [3.05, 3.63) is 96.2 Å². The van der Waals surface area contributed by atoms with Crippen LogP contribution in [0.25, 0.3) is 38.0 Å². The Balaban J connectivity index is 0.000000349. The van der Waals surface area contributed by atoms with Gasteiger partial charge in [0, 0.05) is 108 Å². The molecule has 0 unspecified atom stereocenters. The van der Waals surface area contributed by atoms with Gasteiger partial charge in [-0.2, -0.15) is 15.0 Å². The maximum absolute atomic E-state index is 13.2. The van der Waals surface area contributed by atoms with Gasteiger partial charge < -0.3 is 35.2 Å². The zero-order valence-electron chi connectivity index (χ0n) is 40.1. The Morgan fingerprint density at radius 1 is 0.829 bits per heavy atom. The molecule has 70 heavy (non-hydrogen) atoms. The molecule has 8 rings (SSSR count). The van der Waals surface area contributed by atoms with Crippen LogP contribution in [0.4, 0.5) is 22.9 Å². The predicted octanol–water partition coefficient (Wildman–Crippen LogP) is 9.04. The number of carbonyl (C=O) groups is 2. The average molecular weight is 986 g/mol. The van der Waals surface area contributed by atoms with E-state index in [0.717, 1.165) is 59.5 Å². The van der Waals surface area contributed by atoms with Crippen molar-refractivity contribution >= 4 is 72.6 Å². The molecule has 3 aromatic heterocycles. The molecule has 0 saturated carbocycles. The number of nitrogens with two attached hydrogens (primary N) is 1. The van der Waals surface area contributed by atoms with E-state index in [1.165, 1.54) is 0 Å². The van der Waals surface area contributed by atoms with E-state index in [0.29, 0.717) is 86.6 Å². The number of fused-ring (bicyclic) bond motifs is 2. The second kappa shape index (κ2) is 24.4. The first-order valence-electron chi connectivity index (χ1n) is 23.2. The average Bonchev–Trinajstić information content (AvgIpc) is 4.04. The van der Waals surface area contributed by atoms with Crippen molar-refractivity contribution in [2.24, 2.45) is 5.92 Å². The van der Waals surface area contributed by atoms with Crippen LogP contribution in [0.2, 0.25) is 51.4 Å². The molecule has 0 spiro atoms. The van der Waals surface area contributed by atoms with Crippen molar-refractivity contribution in [3.63, 3.8) is 0 Å². The van der Waals surface area contributed by atoms with Gasteiger partial charge >= 0.3 is 5.82 Å². The summed E-state index contributed by atoms with van der Waals surface area (Å²) in [4.78, 5) is 44.8. The number of nitriles is 1. The monoisotopic (exact) mass is 986 g/mol. The van der Waals surface area contributed by atoms with Crippen LogP contribution in [0.15, 0.2) is 79.1 Å². The summed E-state index contributed by atoms with van der Waals surface area (Å²) in [5.41, 5.74) is 11.1. The fourth-order valence-corrected chi connectivity index (χ4v) is 9.58. The molecule has 3 aromatic carbocycles. The second-order valence-corrected chi connectivity index (χ2v) is 31.0. The van der Waals surface area contributed by atoms with E-state index in [1.807, 2.05) is 41.3 Å². The largest absolute Gasteiger partial charge is 0.399 e. The quantitative estimate of drug-likeness (QED) is 0.0406. The molecular formula is C51H71N13O4Si2. The molecule has 19 heteroatoms. The lowest BCUT2D eigenvalue weighted by atomic mass is 10.1.